The summed E-state index contributed by atoms with van der Waals surface area (Å²) in [6, 6.07) is 0. The third-order valence-corrected chi connectivity index (χ3v) is 4.50. The second-order valence-corrected chi connectivity index (χ2v) is 5.13. The Morgan fingerprint density at radius 2 is 1.64 bits per heavy atom. The van der Waals surface area contributed by atoms with E-state index in [4.69, 9.17) is 0 Å². The van der Waals surface area contributed by atoms with Crippen molar-refractivity contribution in [3.63, 3.8) is 0 Å². The van der Waals surface area contributed by atoms with Crippen LogP contribution in [0.5, 0.6) is 0 Å². The van der Waals surface area contributed by atoms with Gasteiger partial charge in [0.1, 0.15) is 0 Å². The van der Waals surface area contributed by atoms with Gasteiger partial charge in [0.2, 0.25) is 0 Å². The summed E-state index contributed by atoms with van der Waals surface area (Å²) >= 11 is 3.98. The molecule has 0 nitrogen and oxygen atoms in total. The van der Waals surface area contributed by atoms with Crippen molar-refractivity contribution in [2.75, 3.05) is 12.5 Å². The summed E-state index contributed by atoms with van der Waals surface area (Å²) in [4.78, 5) is 0. The van der Waals surface area contributed by atoms with Gasteiger partial charge in [-0.15, -0.1) is 0 Å². The lowest BCUT2D eigenvalue weighted by Crippen LogP contribution is -1.99. The van der Waals surface area contributed by atoms with E-state index in [1.165, 1.54) is 32.0 Å². The van der Waals surface area contributed by atoms with Crippen molar-refractivity contribution in [2.45, 2.75) is 38.9 Å². The van der Waals surface area contributed by atoms with Gasteiger partial charge in [-0.3, -0.25) is 0 Å². The summed E-state index contributed by atoms with van der Waals surface area (Å²) in [6.07, 6.45) is 11.4. The van der Waals surface area contributed by atoms with E-state index in [0.29, 0.717) is 0 Å². The summed E-state index contributed by atoms with van der Waals surface area (Å²) in [6.45, 7) is 2.26. The average Bonchev–Trinajstić information content (AvgIpc) is 2.05. The zero-order valence-corrected chi connectivity index (χ0v) is 9.56. The van der Waals surface area contributed by atoms with Gasteiger partial charge < -0.3 is 0 Å². The number of hydrogen-bond acceptors (Lipinski definition) is 2. The molecule has 0 aromatic carbocycles. The van der Waals surface area contributed by atoms with Crippen LogP contribution >= 0.6 is 23.2 Å². The van der Waals surface area contributed by atoms with Crippen molar-refractivity contribution >= 4 is 28.5 Å². The van der Waals surface area contributed by atoms with Gasteiger partial charge in [0, 0.05) is 0 Å². The van der Waals surface area contributed by atoms with E-state index in [1.54, 1.807) is 0 Å². The molecule has 0 saturated heterocycles. The smallest absolute Gasteiger partial charge is 0.199 e. The summed E-state index contributed by atoms with van der Waals surface area (Å²) in [7, 11) is 0. The van der Waals surface area contributed by atoms with Crippen LogP contribution in [-0.2, 0) is 0 Å². The molecule has 0 aliphatic carbocycles. The van der Waals surface area contributed by atoms with E-state index >= 15 is 0 Å². The first-order valence-electron chi connectivity index (χ1n) is 4.40. The van der Waals surface area contributed by atoms with E-state index in [2.05, 4.69) is 19.4 Å². The standard InChI is InChI=1S/C8H19BS2/c1-4-5-6-7-8-9(10-2)11-3/h4-8H2,1-3H3. The molecule has 66 valence electrons. The normalized spacial score (nSPS) is 10.1. The van der Waals surface area contributed by atoms with Crippen LogP contribution in [-0.4, -0.2) is 17.8 Å². The Morgan fingerprint density at radius 3 is 2.09 bits per heavy atom. The largest absolute Gasteiger partial charge is 0.272 e. The van der Waals surface area contributed by atoms with Crippen LogP contribution in [0, 0.1) is 0 Å². The molecule has 0 bridgehead atoms. The third-order valence-electron chi connectivity index (χ3n) is 1.82. The molecule has 0 rings (SSSR count). The predicted molar refractivity (Wildman–Crippen MR) is 61.7 cm³/mol. The second kappa shape index (κ2) is 8.86. The van der Waals surface area contributed by atoms with Gasteiger partial charge in [0.25, 0.3) is 5.27 Å². The molecule has 0 aromatic rings. The molecule has 0 aliphatic rings. The van der Waals surface area contributed by atoms with E-state index in [9.17, 15) is 0 Å². The van der Waals surface area contributed by atoms with Crippen molar-refractivity contribution in [1.29, 1.82) is 0 Å². The van der Waals surface area contributed by atoms with Crippen LogP contribution in [0.3, 0.4) is 0 Å². The van der Waals surface area contributed by atoms with Crippen LogP contribution in [0.2, 0.25) is 6.32 Å². The molecule has 0 aromatic heterocycles. The first kappa shape index (κ1) is 11.8. The molecule has 0 heterocycles. The molecule has 11 heavy (non-hydrogen) atoms. The van der Waals surface area contributed by atoms with Gasteiger partial charge in [-0.2, -0.15) is 23.2 Å². The first-order valence-corrected chi connectivity index (χ1v) is 6.98. The fraction of sp³-hybridized carbons (Fsp3) is 1.00. The Kier molecular flexibility index (Phi) is 9.47. The monoisotopic (exact) mass is 190 g/mol. The Bertz CT molecular complexity index is 74.5. The molecular weight excluding hydrogens is 171 g/mol. The fourth-order valence-corrected chi connectivity index (χ4v) is 2.64. The van der Waals surface area contributed by atoms with E-state index in [-0.39, 0.29) is 0 Å². The first-order chi connectivity index (χ1) is 5.35. The van der Waals surface area contributed by atoms with Crippen molar-refractivity contribution < 1.29 is 0 Å². The van der Waals surface area contributed by atoms with Crippen LogP contribution in [0.1, 0.15) is 32.6 Å². The number of unbranched alkanes of at least 4 members (excludes halogenated alkanes) is 3. The van der Waals surface area contributed by atoms with Crippen LogP contribution in [0.15, 0.2) is 0 Å². The minimum Gasteiger partial charge on any atom is -0.199 e. The SMILES string of the molecule is CCCCCCB(SC)SC. The maximum atomic E-state index is 2.26. The van der Waals surface area contributed by atoms with E-state index < -0.39 is 0 Å². The van der Waals surface area contributed by atoms with Crippen molar-refractivity contribution in [3.05, 3.63) is 0 Å². The van der Waals surface area contributed by atoms with E-state index in [0.717, 1.165) is 5.27 Å². The van der Waals surface area contributed by atoms with Gasteiger partial charge in [0.05, 0.1) is 0 Å². The Morgan fingerprint density at radius 1 is 1.00 bits per heavy atom. The zero-order valence-electron chi connectivity index (χ0n) is 7.93. The molecule has 3 heteroatoms. The lowest BCUT2D eigenvalue weighted by molar-refractivity contribution is 0.701. The quantitative estimate of drug-likeness (QED) is 0.442. The van der Waals surface area contributed by atoms with Crippen molar-refractivity contribution in [2.24, 2.45) is 0 Å². The predicted octanol–water partition coefficient (Wildman–Crippen LogP) is 3.78. The number of rotatable bonds is 7. The molecule has 0 spiro atoms. The highest BCUT2D eigenvalue weighted by atomic mass is 32.2. The van der Waals surface area contributed by atoms with Crippen LogP contribution < -0.4 is 0 Å². The molecule has 0 amide bonds. The van der Waals surface area contributed by atoms with Crippen LogP contribution in [0.4, 0.5) is 0 Å². The summed E-state index contributed by atoms with van der Waals surface area (Å²) in [5.41, 5.74) is 0. The maximum absolute atomic E-state index is 2.26. The average molecular weight is 190 g/mol. The molecular formula is C8H19BS2. The fourth-order valence-electron chi connectivity index (χ4n) is 1.07. The Labute approximate surface area is 80.2 Å². The van der Waals surface area contributed by atoms with Crippen LogP contribution in [0.25, 0.3) is 0 Å². The highest BCUT2D eigenvalue weighted by molar-refractivity contribution is 8.53. The van der Waals surface area contributed by atoms with Gasteiger partial charge in [0.15, 0.2) is 0 Å². The van der Waals surface area contributed by atoms with Gasteiger partial charge in [-0.05, 0) is 12.5 Å². The summed E-state index contributed by atoms with van der Waals surface area (Å²) in [5, 5.41) is 0.840. The Balaban J connectivity index is 3.07. The van der Waals surface area contributed by atoms with E-state index in [1.807, 2.05) is 23.2 Å². The third kappa shape index (κ3) is 7.14. The molecule has 0 fully saturated rings. The molecule has 0 atom stereocenters. The highest BCUT2D eigenvalue weighted by Gasteiger charge is 2.08. The van der Waals surface area contributed by atoms with Gasteiger partial charge in [-0.25, -0.2) is 0 Å². The highest BCUT2D eigenvalue weighted by Crippen LogP contribution is 2.20. The van der Waals surface area contributed by atoms with Gasteiger partial charge >= 0.3 is 0 Å². The van der Waals surface area contributed by atoms with Gasteiger partial charge in [-0.1, -0.05) is 38.9 Å². The molecule has 0 radical (unpaired) electrons. The zero-order chi connectivity index (χ0) is 8.53. The topological polar surface area (TPSA) is 0 Å². The molecule has 0 N–H and O–H groups in total. The molecule has 0 unspecified atom stereocenters. The lowest BCUT2D eigenvalue weighted by Gasteiger charge is -2.05. The van der Waals surface area contributed by atoms with Crippen molar-refractivity contribution in [3.8, 4) is 0 Å². The maximum Gasteiger partial charge on any atom is 0.272 e. The molecule has 0 aliphatic heterocycles. The molecule has 0 saturated carbocycles. The lowest BCUT2D eigenvalue weighted by atomic mass is 9.95. The Hall–Kier alpha value is 0.765. The summed E-state index contributed by atoms with van der Waals surface area (Å²) < 4.78 is 0. The van der Waals surface area contributed by atoms with Crippen molar-refractivity contribution in [1.82, 2.24) is 0 Å². The number of hydrogen-bond donors (Lipinski definition) is 0. The second-order valence-electron chi connectivity index (χ2n) is 2.75. The minimum absolute atomic E-state index is 0.840. The summed E-state index contributed by atoms with van der Waals surface area (Å²) in [5.74, 6) is 0. The minimum atomic E-state index is 0.840.